The summed E-state index contributed by atoms with van der Waals surface area (Å²) in [5, 5.41) is 4.28. The largest absolute Gasteiger partial charge is 0.489 e. The first-order chi connectivity index (χ1) is 12.2. The number of rotatable bonds is 7. The average Bonchev–Trinajstić information content (AvgIpc) is 2.67. The van der Waals surface area contributed by atoms with Gasteiger partial charge in [0.15, 0.2) is 0 Å². The third kappa shape index (κ3) is 5.09. The van der Waals surface area contributed by atoms with Crippen LogP contribution >= 0.6 is 11.6 Å². The van der Waals surface area contributed by atoms with Crippen molar-refractivity contribution in [3.8, 4) is 5.75 Å². The van der Waals surface area contributed by atoms with Crippen molar-refractivity contribution < 1.29 is 4.74 Å². The molecule has 0 saturated heterocycles. The molecule has 0 unspecified atom stereocenters. The Morgan fingerprint density at radius 3 is 2.28 bits per heavy atom. The molecule has 3 heteroatoms. The molecule has 0 aliphatic heterocycles. The second kappa shape index (κ2) is 8.70. The third-order valence-electron chi connectivity index (χ3n) is 4.19. The Bertz CT molecular complexity index is 787. The van der Waals surface area contributed by atoms with E-state index in [0.717, 1.165) is 22.9 Å². The molecular formula is C22H22ClNO. The predicted octanol–water partition coefficient (Wildman–Crippen LogP) is 5.77. The molecule has 0 spiro atoms. The molecule has 0 aliphatic rings. The molecule has 0 saturated carbocycles. The van der Waals surface area contributed by atoms with Gasteiger partial charge in [0.1, 0.15) is 12.4 Å². The van der Waals surface area contributed by atoms with Gasteiger partial charge in [-0.15, -0.1) is 0 Å². The van der Waals surface area contributed by atoms with E-state index in [1.54, 1.807) is 0 Å². The number of ether oxygens (including phenoxy) is 1. The van der Waals surface area contributed by atoms with Gasteiger partial charge >= 0.3 is 0 Å². The molecule has 2 nitrogen and oxygen atoms in total. The molecule has 0 amide bonds. The first-order valence-electron chi connectivity index (χ1n) is 8.46. The molecule has 0 radical (unpaired) electrons. The standard InChI is InChI=1S/C22H22ClNO/c1-17(19-7-3-2-4-8-19)24-15-18-11-13-21(14-12-18)25-16-20-9-5-6-10-22(20)23/h2-14,17,24H,15-16H2,1H3/t17-/m0/s1. The van der Waals surface area contributed by atoms with E-state index in [1.807, 2.05) is 42.5 Å². The van der Waals surface area contributed by atoms with E-state index in [1.165, 1.54) is 11.1 Å². The van der Waals surface area contributed by atoms with Crippen molar-refractivity contribution in [3.63, 3.8) is 0 Å². The van der Waals surface area contributed by atoms with Crippen LogP contribution in [0.4, 0.5) is 0 Å². The fourth-order valence-corrected chi connectivity index (χ4v) is 2.80. The molecule has 25 heavy (non-hydrogen) atoms. The van der Waals surface area contributed by atoms with E-state index >= 15 is 0 Å². The lowest BCUT2D eigenvalue weighted by atomic mass is 10.1. The van der Waals surface area contributed by atoms with Crippen molar-refractivity contribution in [1.82, 2.24) is 5.32 Å². The summed E-state index contributed by atoms with van der Waals surface area (Å²) >= 11 is 6.15. The van der Waals surface area contributed by atoms with Crippen LogP contribution in [-0.4, -0.2) is 0 Å². The summed E-state index contributed by atoms with van der Waals surface area (Å²) < 4.78 is 5.82. The van der Waals surface area contributed by atoms with Crippen molar-refractivity contribution in [2.45, 2.75) is 26.1 Å². The molecule has 3 aromatic carbocycles. The number of hydrogen-bond donors (Lipinski definition) is 1. The summed E-state index contributed by atoms with van der Waals surface area (Å²) in [6.07, 6.45) is 0. The van der Waals surface area contributed by atoms with Crippen LogP contribution in [0.5, 0.6) is 5.75 Å². The first-order valence-corrected chi connectivity index (χ1v) is 8.83. The van der Waals surface area contributed by atoms with Gasteiger partial charge in [-0.2, -0.15) is 0 Å². The SMILES string of the molecule is C[C@H](NCc1ccc(OCc2ccccc2Cl)cc1)c1ccccc1. The number of halogens is 1. The van der Waals surface area contributed by atoms with Crippen LogP contribution in [0, 0.1) is 0 Å². The van der Waals surface area contributed by atoms with Crippen LogP contribution in [-0.2, 0) is 13.2 Å². The molecule has 1 N–H and O–H groups in total. The minimum Gasteiger partial charge on any atom is -0.489 e. The predicted molar refractivity (Wildman–Crippen MR) is 104 cm³/mol. The molecule has 0 bridgehead atoms. The summed E-state index contributed by atoms with van der Waals surface area (Å²) in [7, 11) is 0. The lowest BCUT2D eigenvalue weighted by Gasteiger charge is -2.14. The van der Waals surface area contributed by atoms with Crippen molar-refractivity contribution in [2.75, 3.05) is 0 Å². The van der Waals surface area contributed by atoms with Crippen LogP contribution in [0.15, 0.2) is 78.9 Å². The van der Waals surface area contributed by atoms with Gasteiger partial charge in [-0.3, -0.25) is 0 Å². The summed E-state index contributed by atoms with van der Waals surface area (Å²) in [6.45, 7) is 3.47. The highest BCUT2D eigenvalue weighted by Gasteiger charge is 2.04. The highest BCUT2D eigenvalue weighted by molar-refractivity contribution is 6.31. The van der Waals surface area contributed by atoms with Gasteiger partial charge in [-0.1, -0.05) is 72.3 Å². The number of hydrogen-bond acceptors (Lipinski definition) is 2. The van der Waals surface area contributed by atoms with Crippen molar-refractivity contribution in [2.24, 2.45) is 0 Å². The van der Waals surface area contributed by atoms with Gasteiger partial charge < -0.3 is 10.1 Å². The van der Waals surface area contributed by atoms with Crippen molar-refractivity contribution >= 4 is 11.6 Å². The lowest BCUT2D eigenvalue weighted by Crippen LogP contribution is -2.17. The molecule has 0 aromatic heterocycles. The highest BCUT2D eigenvalue weighted by Crippen LogP contribution is 2.19. The van der Waals surface area contributed by atoms with Gasteiger partial charge in [0.2, 0.25) is 0 Å². The number of nitrogens with one attached hydrogen (secondary N) is 1. The molecule has 1 atom stereocenters. The second-order valence-corrected chi connectivity index (χ2v) is 6.44. The van der Waals surface area contributed by atoms with E-state index in [-0.39, 0.29) is 0 Å². The quantitative estimate of drug-likeness (QED) is 0.583. The fraction of sp³-hybridized carbons (Fsp3) is 0.182. The Balaban J connectivity index is 1.51. The van der Waals surface area contributed by atoms with E-state index < -0.39 is 0 Å². The minimum atomic E-state index is 0.317. The zero-order valence-corrected chi connectivity index (χ0v) is 15.0. The Kier molecular flexibility index (Phi) is 6.10. The Morgan fingerprint density at radius 2 is 1.56 bits per heavy atom. The van der Waals surface area contributed by atoms with Gasteiger partial charge in [0.05, 0.1) is 0 Å². The van der Waals surface area contributed by atoms with Crippen molar-refractivity contribution in [1.29, 1.82) is 0 Å². The van der Waals surface area contributed by atoms with Crippen LogP contribution in [0.1, 0.15) is 29.7 Å². The molecule has 0 fully saturated rings. The molecule has 3 aromatic rings. The fourth-order valence-electron chi connectivity index (χ4n) is 2.61. The van der Waals surface area contributed by atoms with Crippen LogP contribution < -0.4 is 10.1 Å². The smallest absolute Gasteiger partial charge is 0.119 e. The van der Waals surface area contributed by atoms with Crippen LogP contribution in [0.2, 0.25) is 5.02 Å². The maximum Gasteiger partial charge on any atom is 0.119 e. The highest BCUT2D eigenvalue weighted by atomic mass is 35.5. The van der Waals surface area contributed by atoms with Crippen molar-refractivity contribution in [3.05, 3.63) is 101 Å². The monoisotopic (exact) mass is 351 g/mol. The Hall–Kier alpha value is -2.29. The summed E-state index contributed by atoms with van der Waals surface area (Å²) in [4.78, 5) is 0. The van der Waals surface area contributed by atoms with E-state index in [9.17, 15) is 0 Å². The molecule has 128 valence electrons. The third-order valence-corrected chi connectivity index (χ3v) is 4.56. The van der Waals surface area contributed by atoms with E-state index in [4.69, 9.17) is 16.3 Å². The van der Waals surface area contributed by atoms with Crippen LogP contribution in [0.25, 0.3) is 0 Å². The van der Waals surface area contributed by atoms with Gasteiger partial charge in [-0.25, -0.2) is 0 Å². The summed E-state index contributed by atoms with van der Waals surface area (Å²) in [5.41, 5.74) is 3.52. The second-order valence-electron chi connectivity index (χ2n) is 6.04. The molecule has 0 aliphatic carbocycles. The van der Waals surface area contributed by atoms with Gasteiger partial charge in [-0.05, 0) is 36.2 Å². The molecular weight excluding hydrogens is 330 g/mol. The van der Waals surface area contributed by atoms with Gasteiger partial charge in [0, 0.05) is 23.2 Å². The Morgan fingerprint density at radius 1 is 0.880 bits per heavy atom. The topological polar surface area (TPSA) is 21.3 Å². The van der Waals surface area contributed by atoms with E-state index in [0.29, 0.717) is 12.6 Å². The number of benzene rings is 3. The lowest BCUT2D eigenvalue weighted by molar-refractivity contribution is 0.306. The average molecular weight is 352 g/mol. The zero-order valence-electron chi connectivity index (χ0n) is 14.3. The van der Waals surface area contributed by atoms with E-state index in [2.05, 4.69) is 48.6 Å². The molecule has 0 heterocycles. The minimum absolute atomic E-state index is 0.317. The van der Waals surface area contributed by atoms with Crippen LogP contribution in [0.3, 0.4) is 0 Å². The Labute approximate surface area is 154 Å². The normalized spacial score (nSPS) is 11.9. The molecule has 3 rings (SSSR count). The summed E-state index contributed by atoms with van der Waals surface area (Å²) in [6, 6.07) is 26.7. The zero-order chi connectivity index (χ0) is 17.5. The first kappa shape index (κ1) is 17.5. The maximum atomic E-state index is 6.15. The summed E-state index contributed by atoms with van der Waals surface area (Å²) in [5.74, 6) is 0.847. The maximum absolute atomic E-state index is 6.15. The van der Waals surface area contributed by atoms with Gasteiger partial charge in [0.25, 0.3) is 0 Å².